The maximum absolute atomic E-state index is 4.60. The Bertz CT molecular complexity index is 485. The van der Waals surface area contributed by atoms with Crippen molar-refractivity contribution in [3.05, 3.63) is 41.5 Å². The third kappa shape index (κ3) is 6.45. The summed E-state index contributed by atoms with van der Waals surface area (Å²) in [7, 11) is 0. The second-order valence-electron chi connectivity index (χ2n) is 4.40. The van der Waals surface area contributed by atoms with Gasteiger partial charge < -0.3 is 0 Å². The second-order valence-corrected chi connectivity index (χ2v) is 4.40. The molecule has 21 heavy (non-hydrogen) atoms. The predicted molar refractivity (Wildman–Crippen MR) is 99.0 cm³/mol. The van der Waals surface area contributed by atoms with E-state index in [9.17, 15) is 0 Å². The summed E-state index contributed by atoms with van der Waals surface area (Å²) >= 11 is 0. The van der Waals surface area contributed by atoms with Crippen molar-refractivity contribution in [3.8, 4) is 12.3 Å². The molecule has 1 aliphatic heterocycles. The zero-order chi connectivity index (χ0) is 16.9. The van der Waals surface area contributed by atoms with Crippen LogP contribution in [0.4, 0.5) is 0 Å². The minimum Gasteiger partial charge on any atom is -0.282 e. The van der Waals surface area contributed by atoms with Crippen molar-refractivity contribution in [2.45, 2.75) is 60.9 Å². The molecule has 0 amide bonds. The Hall–Kier alpha value is -1.81. The highest BCUT2D eigenvalue weighted by Crippen LogP contribution is 2.34. The Morgan fingerprint density at radius 3 is 2.05 bits per heavy atom. The fraction of sp³-hybridized carbons (Fsp3) is 0.450. The van der Waals surface area contributed by atoms with E-state index >= 15 is 0 Å². The van der Waals surface area contributed by atoms with Gasteiger partial charge in [-0.15, -0.1) is 12.3 Å². The molecule has 116 valence electrons. The molecule has 0 unspecified atom stereocenters. The van der Waals surface area contributed by atoms with Gasteiger partial charge in [0.1, 0.15) is 0 Å². The molecule has 2 rings (SSSR count). The molecule has 0 fully saturated rings. The maximum atomic E-state index is 4.60. The second kappa shape index (κ2) is 12.0. The van der Waals surface area contributed by atoms with Crippen molar-refractivity contribution in [2.75, 3.05) is 0 Å². The lowest BCUT2D eigenvalue weighted by atomic mass is 9.84. The van der Waals surface area contributed by atoms with Crippen LogP contribution in [0.1, 0.15) is 66.5 Å². The summed E-state index contributed by atoms with van der Waals surface area (Å²) < 4.78 is 0. The fourth-order valence-corrected chi connectivity index (χ4v) is 1.99. The number of fused-ring (bicyclic) bond motifs is 1. The van der Waals surface area contributed by atoms with Crippen LogP contribution in [0, 0.1) is 12.3 Å². The minimum absolute atomic E-state index is 0.0803. The third-order valence-corrected chi connectivity index (χ3v) is 2.73. The molecule has 1 aromatic carbocycles. The standard InChI is InChI=1S/C13H15N.C3H4.2C2H6/c1-4-12-11-8-6-5-7-10(11)9-14-13(12,2)3;1-3-2;2*1-2/h4-9H,1-3H3;1H,2H3;2*1-2H3/b12-4-;;;. The summed E-state index contributed by atoms with van der Waals surface area (Å²) in [5.41, 5.74) is 3.77. The number of hydrogen-bond acceptors (Lipinski definition) is 1. The molecule has 0 bridgehead atoms. The van der Waals surface area contributed by atoms with E-state index in [4.69, 9.17) is 0 Å². The lowest BCUT2D eigenvalue weighted by Crippen LogP contribution is -2.23. The number of hydrogen-bond donors (Lipinski definition) is 0. The Morgan fingerprint density at radius 2 is 1.57 bits per heavy atom. The lowest BCUT2D eigenvalue weighted by Gasteiger charge is -2.28. The lowest BCUT2D eigenvalue weighted by molar-refractivity contribution is 0.676. The number of terminal acetylenes is 1. The van der Waals surface area contributed by atoms with Gasteiger partial charge >= 0.3 is 0 Å². The summed E-state index contributed by atoms with van der Waals surface area (Å²) in [6.07, 6.45) is 8.73. The molecule has 1 aromatic rings. The van der Waals surface area contributed by atoms with Gasteiger partial charge in [-0.2, -0.15) is 0 Å². The first-order valence-electron chi connectivity index (χ1n) is 7.75. The van der Waals surface area contributed by atoms with Gasteiger partial charge in [-0.3, -0.25) is 4.99 Å². The summed E-state index contributed by atoms with van der Waals surface area (Å²) in [6, 6.07) is 8.41. The zero-order valence-corrected chi connectivity index (χ0v) is 15.0. The van der Waals surface area contributed by atoms with Crippen molar-refractivity contribution in [1.29, 1.82) is 0 Å². The van der Waals surface area contributed by atoms with Gasteiger partial charge in [0.15, 0.2) is 0 Å². The molecule has 0 atom stereocenters. The summed E-state index contributed by atoms with van der Waals surface area (Å²) in [5, 5.41) is 0. The van der Waals surface area contributed by atoms with Crippen LogP contribution in [0.25, 0.3) is 5.57 Å². The van der Waals surface area contributed by atoms with E-state index in [1.807, 2.05) is 33.9 Å². The average molecular weight is 285 g/mol. The van der Waals surface area contributed by atoms with Crippen molar-refractivity contribution in [3.63, 3.8) is 0 Å². The van der Waals surface area contributed by atoms with E-state index in [1.165, 1.54) is 16.7 Å². The van der Waals surface area contributed by atoms with Crippen molar-refractivity contribution < 1.29 is 0 Å². The number of nitrogens with zero attached hydrogens (tertiary/aromatic N) is 1. The predicted octanol–water partition coefficient (Wildman–Crippen LogP) is 5.99. The van der Waals surface area contributed by atoms with E-state index in [0.29, 0.717) is 0 Å². The first-order valence-corrected chi connectivity index (χ1v) is 7.75. The fourth-order valence-electron chi connectivity index (χ4n) is 1.99. The average Bonchev–Trinajstić information content (AvgIpc) is 2.51. The molecular formula is C20H31N. The molecule has 0 radical (unpaired) electrons. The molecule has 0 N–H and O–H groups in total. The van der Waals surface area contributed by atoms with Crippen LogP contribution < -0.4 is 0 Å². The molecule has 0 spiro atoms. The first kappa shape index (κ1) is 21.5. The van der Waals surface area contributed by atoms with E-state index < -0.39 is 0 Å². The number of benzene rings is 1. The summed E-state index contributed by atoms with van der Waals surface area (Å²) in [5.74, 6) is 2.25. The first-order chi connectivity index (χ1) is 10.1. The Kier molecular flexibility index (Phi) is 12.2. The molecule has 0 saturated heterocycles. The highest BCUT2D eigenvalue weighted by molar-refractivity contribution is 5.94. The molecule has 0 aliphatic carbocycles. The normalized spacial score (nSPS) is 14.9. The monoisotopic (exact) mass is 285 g/mol. The van der Waals surface area contributed by atoms with Gasteiger partial charge in [-0.1, -0.05) is 58.0 Å². The molecule has 0 saturated carbocycles. The van der Waals surface area contributed by atoms with Gasteiger partial charge in [-0.05, 0) is 44.4 Å². The quantitative estimate of drug-likeness (QED) is 0.519. The van der Waals surface area contributed by atoms with Crippen LogP contribution in [-0.4, -0.2) is 11.8 Å². The van der Waals surface area contributed by atoms with E-state index in [1.54, 1.807) is 6.92 Å². The van der Waals surface area contributed by atoms with Crippen LogP contribution in [0.3, 0.4) is 0 Å². The highest BCUT2D eigenvalue weighted by atomic mass is 14.8. The van der Waals surface area contributed by atoms with Crippen LogP contribution in [0.2, 0.25) is 0 Å². The molecular weight excluding hydrogens is 254 g/mol. The van der Waals surface area contributed by atoms with Gasteiger partial charge in [0, 0.05) is 6.21 Å². The molecule has 1 aliphatic rings. The van der Waals surface area contributed by atoms with Crippen LogP contribution in [0.15, 0.2) is 35.3 Å². The van der Waals surface area contributed by atoms with Crippen molar-refractivity contribution in [1.82, 2.24) is 0 Å². The van der Waals surface area contributed by atoms with Gasteiger partial charge in [-0.25, -0.2) is 0 Å². The zero-order valence-electron chi connectivity index (χ0n) is 15.0. The van der Waals surface area contributed by atoms with Crippen LogP contribution in [-0.2, 0) is 0 Å². The largest absolute Gasteiger partial charge is 0.282 e. The summed E-state index contributed by atoms with van der Waals surface area (Å²) in [6.45, 7) is 16.0. The van der Waals surface area contributed by atoms with E-state index in [2.05, 4.69) is 68.4 Å². The number of allylic oxidation sites excluding steroid dienone is 1. The molecule has 1 heteroatoms. The van der Waals surface area contributed by atoms with Crippen molar-refractivity contribution >= 4 is 11.8 Å². The van der Waals surface area contributed by atoms with Crippen LogP contribution in [0.5, 0.6) is 0 Å². The third-order valence-electron chi connectivity index (χ3n) is 2.73. The molecule has 1 heterocycles. The van der Waals surface area contributed by atoms with E-state index in [0.717, 1.165) is 0 Å². The van der Waals surface area contributed by atoms with Gasteiger partial charge in [0.2, 0.25) is 0 Å². The Morgan fingerprint density at radius 1 is 1.10 bits per heavy atom. The number of rotatable bonds is 0. The van der Waals surface area contributed by atoms with Gasteiger partial charge in [0.05, 0.1) is 5.54 Å². The van der Waals surface area contributed by atoms with Crippen LogP contribution >= 0.6 is 0 Å². The number of aliphatic imine (C=N–C) groups is 1. The molecule has 0 aromatic heterocycles. The van der Waals surface area contributed by atoms with E-state index in [-0.39, 0.29) is 5.54 Å². The maximum Gasteiger partial charge on any atom is 0.0803 e. The smallest absolute Gasteiger partial charge is 0.0803 e. The van der Waals surface area contributed by atoms with Crippen molar-refractivity contribution in [2.24, 2.45) is 4.99 Å². The molecule has 1 nitrogen and oxygen atoms in total. The minimum atomic E-state index is -0.0803. The SMILES string of the molecule is C#CC.C/C=C1/c2ccccc2C=NC1(C)C.CC.CC. The summed E-state index contributed by atoms with van der Waals surface area (Å²) in [4.78, 5) is 4.56. The van der Waals surface area contributed by atoms with Gasteiger partial charge in [0.25, 0.3) is 0 Å². The highest BCUT2D eigenvalue weighted by Gasteiger charge is 2.26. The Balaban J connectivity index is 0. The Labute approximate surface area is 132 Å². The topological polar surface area (TPSA) is 12.4 Å².